The van der Waals surface area contributed by atoms with Crippen LogP contribution in [-0.4, -0.2) is 25.7 Å². The quantitative estimate of drug-likeness (QED) is 0.824. The van der Waals surface area contributed by atoms with Crippen LogP contribution < -0.4 is 10.2 Å². The lowest BCUT2D eigenvalue weighted by Gasteiger charge is -2.21. The van der Waals surface area contributed by atoms with Gasteiger partial charge in [-0.15, -0.1) is 0 Å². The fourth-order valence-corrected chi connectivity index (χ4v) is 3.83. The number of para-hydroxylation sites is 1. The zero-order valence-electron chi connectivity index (χ0n) is 13.0. The molecule has 1 aromatic carbocycles. The van der Waals surface area contributed by atoms with Crippen LogP contribution in [-0.2, 0) is 6.42 Å². The van der Waals surface area contributed by atoms with Gasteiger partial charge in [-0.1, -0.05) is 32.0 Å². The third-order valence-electron chi connectivity index (χ3n) is 4.99. The van der Waals surface area contributed by atoms with E-state index in [4.69, 9.17) is 0 Å². The maximum Gasteiger partial charge on any atom is 0.0399 e. The Labute approximate surface area is 123 Å². The number of fused-ring (bicyclic) bond motifs is 1. The molecule has 1 unspecified atom stereocenters. The van der Waals surface area contributed by atoms with Crippen LogP contribution >= 0.6 is 0 Å². The molecule has 0 bridgehead atoms. The Morgan fingerprint density at radius 2 is 2.15 bits per heavy atom. The molecule has 0 aromatic heterocycles. The minimum atomic E-state index is 0.561. The molecule has 1 atom stereocenters. The lowest BCUT2D eigenvalue weighted by atomic mass is 9.92. The molecule has 1 fully saturated rings. The molecule has 1 N–H and O–H groups in total. The average Bonchev–Trinajstić information content (AvgIpc) is 2.98. The fourth-order valence-electron chi connectivity index (χ4n) is 3.83. The highest BCUT2D eigenvalue weighted by molar-refractivity contribution is 5.57. The Balaban J connectivity index is 1.39. The van der Waals surface area contributed by atoms with E-state index in [0.29, 0.717) is 5.41 Å². The maximum atomic E-state index is 3.76. The van der Waals surface area contributed by atoms with Crippen LogP contribution in [0.4, 0.5) is 5.69 Å². The van der Waals surface area contributed by atoms with E-state index in [1.807, 2.05) is 0 Å². The number of anilines is 1. The second kappa shape index (κ2) is 5.77. The molecule has 20 heavy (non-hydrogen) atoms. The van der Waals surface area contributed by atoms with E-state index in [1.54, 1.807) is 0 Å². The van der Waals surface area contributed by atoms with Gasteiger partial charge in [0.1, 0.15) is 0 Å². The van der Waals surface area contributed by atoms with Gasteiger partial charge in [0.2, 0.25) is 0 Å². The summed E-state index contributed by atoms with van der Waals surface area (Å²) in [6.45, 7) is 8.36. The topological polar surface area (TPSA) is 15.3 Å². The minimum Gasteiger partial charge on any atom is -0.371 e. The summed E-state index contributed by atoms with van der Waals surface area (Å²) in [5.41, 5.74) is 3.55. The predicted octanol–water partition coefficient (Wildman–Crippen LogP) is 3.61. The van der Waals surface area contributed by atoms with Gasteiger partial charge < -0.3 is 10.2 Å². The van der Waals surface area contributed by atoms with Crippen molar-refractivity contribution < 1.29 is 0 Å². The van der Waals surface area contributed by atoms with E-state index in [9.17, 15) is 0 Å². The standard InChI is InChI=1S/C18H28N2/c1-18(2)10-8-16(14-18)19-11-5-12-20-13-9-15-6-3-4-7-17(15)20/h3-4,6-7,16,19H,5,8-14H2,1-2H3. The van der Waals surface area contributed by atoms with Crippen molar-refractivity contribution in [1.29, 1.82) is 0 Å². The molecule has 3 rings (SSSR count). The van der Waals surface area contributed by atoms with Crippen molar-refractivity contribution in [2.75, 3.05) is 24.5 Å². The van der Waals surface area contributed by atoms with Crippen LogP contribution in [0.15, 0.2) is 24.3 Å². The molecule has 0 amide bonds. The van der Waals surface area contributed by atoms with Gasteiger partial charge in [0.05, 0.1) is 0 Å². The summed E-state index contributed by atoms with van der Waals surface area (Å²) in [5, 5.41) is 3.76. The first kappa shape index (κ1) is 13.9. The monoisotopic (exact) mass is 272 g/mol. The fraction of sp³-hybridized carbons (Fsp3) is 0.667. The number of rotatable bonds is 5. The molecule has 0 saturated heterocycles. The van der Waals surface area contributed by atoms with Gasteiger partial charge in [0.25, 0.3) is 0 Å². The third-order valence-corrected chi connectivity index (χ3v) is 4.99. The lowest BCUT2D eigenvalue weighted by Crippen LogP contribution is -2.31. The van der Waals surface area contributed by atoms with Crippen LogP contribution in [0, 0.1) is 5.41 Å². The first-order valence-corrected chi connectivity index (χ1v) is 8.20. The van der Waals surface area contributed by atoms with Gasteiger partial charge >= 0.3 is 0 Å². The van der Waals surface area contributed by atoms with Gasteiger partial charge in [-0.05, 0) is 55.7 Å². The molecule has 2 nitrogen and oxygen atoms in total. The Bertz CT molecular complexity index is 452. The largest absolute Gasteiger partial charge is 0.371 e. The van der Waals surface area contributed by atoms with Crippen LogP contribution in [0.1, 0.15) is 45.1 Å². The normalized spacial score (nSPS) is 24.1. The van der Waals surface area contributed by atoms with Crippen molar-refractivity contribution in [3.63, 3.8) is 0 Å². The predicted molar refractivity (Wildman–Crippen MR) is 86.4 cm³/mol. The summed E-state index contributed by atoms with van der Waals surface area (Å²) < 4.78 is 0. The van der Waals surface area contributed by atoms with Crippen LogP contribution in [0.2, 0.25) is 0 Å². The summed E-state index contributed by atoms with van der Waals surface area (Å²) in [7, 11) is 0. The molecule has 2 aliphatic rings. The number of benzene rings is 1. The number of hydrogen-bond donors (Lipinski definition) is 1. The second-order valence-corrected chi connectivity index (χ2v) is 7.28. The zero-order chi connectivity index (χ0) is 14.0. The van der Waals surface area contributed by atoms with Gasteiger partial charge in [0, 0.05) is 24.8 Å². The molecular weight excluding hydrogens is 244 g/mol. The molecule has 0 spiro atoms. The summed E-state index contributed by atoms with van der Waals surface area (Å²) in [4.78, 5) is 2.55. The van der Waals surface area contributed by atoms with Gasteiger partial charge in [0.15, 0.2) is 0 Å². The molecule has 1 saturated carbocycles. The maximum absolute atomic E-state index is 3.76. The number of nitrogens with one attached hydrogen (secondary N) is 1. The van der Waals surface area contributed by atoms with Crippen molar-refractivity contribution in [1.82, 2.24) is 5.32 Å². The van der Waals surface area contributed by atoms with Crippen LogP contribution in [0.5, 0.6) is 0 Å². The second-order valence-electron chi connectivity index (χ2n) is 7.28. The minimum absolute atomic E-state index is 0.561. The highest BCUT2D eigenvalue weighted by Gasteiger charge is 2.30. The third kappa shape index (κ3) is 3.17. The van der Waals surface area contributed by atoms with E-state index in [2.05, 4.69) is 48.3 Å². The summed E-state index contributed by atoms with van der Waals surface area (Å²) in [6, 6.07) is 9.63. The highest BCUT2D eigenvalue weighted by atomic mass is 15.1. The Kier molecular flexibility index (Phi) is 4.02. The van der Waals surface area contributed by atoms with Crippen molar-refractivity contribution in [3.8, 4) is 0 Å². The molecule has 110 valence electrons. The van der Waals surface area contributed by atoms with Crippen molar-refractivity contribution in [3.05, 3.63) is 29.8 Å². The highest BCUT2D eigenvalue weighted by Crippen LogP contribution is 2.36. The van der Waals surface area contributed by atoms with E-state index < -0.39 is 0 Å². The Hall–Kier alpha value is -1.02. The lowest BCUT2D eigenvalue weighted by molar-refractivity contribution is 0.364. The van der Waals surface area contributed by atoms with Crippen molar-refractivity contribution >= 4 is 5.69 Å². The van der Waals surface area contributed by atoms with E-state index in [1.165, 1.54) is 63.0 Å². The SMILES string of the molecule is CC1(C)CCC(NCCCN2CCc3ccccc32)C1. The van der Waals surface area contributed by atoms with E-state index >= 15 is 0 Å². The molecule has 1 aliphatic carbocycles. The number of nitrogens with zero attached hydrogens (tertiary/aromatic N) is 1. The average molecular weight is 272 g/mol. The van der Waals surface area contributed by atoms with Gasteiger partial charge in [-0.3, -0.25) is 0 Å². The Morgan fingerprint density at radius 3 is 2.95 bits per heavy atom. The molecule has 1 aromatic rings. The number of hydrogen-bond acceptors (Lipinski definition) is 2. The first-order chi connectivity index (χ1) is 9.64. The summed E-state index contributed by atoms with van der Waals surface area (Å²) in [6.07, 6.45) is 6.56. The molecular formula is C18H28N2. The van der Waals surface area contributed by atoms with Gasteiger partial charge in [-0.25, -0.2) is 0 Å². The van der Waals surface area contributed by atoms with E-state index in [-0.39, 0.29) is 0 Å². The summed E-state index contributed by atoms with van der Waals surface area (Å²) in [5.74, 6) is 0. The summed E-state index contributed by atoms with van der Waals surface area (Å²) >= 11 is 0. The van der Waals surface area contributed by atoms with Gasteiger partial charge in [-0.2, -0.15) is 0 Å². The van der Waals surface area contributed by atoms with Crippen molar-refractivity contribution in [2.45, 2.75) is 52.0 Å². The molecule has 0 radical (unpaired) electrons. The molecule has 1 aliphatic heterocycles. The van der Waals surface area contributed by atoms with Crippen molar-refractivity contribution in [2.24, 2.45) is 5.41 Å². The Morgan fingerprint density at radius 1 is 1.30 bits per heavy atom. The first-order valence-electron chi connectivity index (χ1n) is 8.20. The smallest absolute Gasteiger partial charge is 0.0399 e. The zero-order valence-corrected chi connectivity index (χ0v) is 13.0. The van der Waals surface area contributed by atoms with Crippen LogP contribution in [0.3, 0.4) is 0 Å². The van der Waals surface area contributed by atoms with Crippen LogP contribution in [0.25, 0.3) is 0 Å². The van der Waals surface area contributed by atoms with E-state index in [0.717, 1.165) is 6.04 Å². The molecule has 1 heterocycles. The molecule has 2 heteroatoms.